The number of amides is 2. The number of nitrogens with zero attached hydrogens (tertiary/aromatic N) is 1. The minimum absolute atomic E-state index is 0.0931. The van der Waals surface area contributed by atoms with E-state index in [1.54, 1.807) is 12.1 Å². The van der Waals surface area contributed by atoms with Gasteiger partial charge in [0.05, 0.1) is 5.52 Å². The highest BCUT2D eigenvalue weighted by Crippen LogP contribution is 2.25. The van der Waals surface area contributed by atoms with Gasteiger partial charge in [-0.2, -0.15) is 0 Å². The highest BCUT2D eigenvalue weighted by atomic mass is 19.1. The summed E-state index contributed by atoms with van der Waals surface area (Å²) in [6.45, 7) is 4.22. The normalized spacial score (nSPS) is 24.0. The van der Waals surface area contributed by atoms with Crippen molar-refractivity contribution in [3.63, 3.8) is 0 Å². The number of carbonyl (C=O) groups is 2. The Morgan fingerprint density at radius 1 is 1.29 bits per heavy atom. The van der Waals surface area contributed by atoms with Crippen molar-refractivity contribution in [1.29, 1.82) is 0 Å². The summed E-state index contributed by atoms with van der Waals surface area (Å²) in [5.74, 6) is -0.393. The maximum atomic E-state index is 14.0. The van der Waals surface area contributed by atoms with Crippen LogP contribution < -0.4 is 10.6 Å². The van der Waals surface area contributed by atoms with E-state index in [1.807, 2.05) is 6.92 Å². The molecule has 2 amide bonds. The van der Waals surface area contributed by atoms with E-state index in [4.69, 9.17) is 0 Å². The number of H-pyrrole nitrogens is 1. The molecular formula is C21H27FN4O2. The van der Waals surface area contributed by atoms with Crippen molar-refractivity contribution in [2.45, 2.75) is 51.1 Å². The SMILES string of the molecule is Cc1ccc(F)c2cc(C(=O)N[C@@H]3CCCC(N4CCNC(=O)CC4)C3)[nH]c12. The summed E-state index contributed by atoms with van der Waals surface area (Å²) < 4.78 is 14.0. The number of hydrogen-bond donors (Lipinski definition) is 3. The lowest BCUT2D eigenvalue weighted by Gasteiger charge is -2.37. The summed E-state index contributed by atoms with van der Waals surface area (Å²) in [6.07, 6.45) is 4.51. The molecule has 1 unspecified atom stereocenters. The summed E-state index contributed by atoms with van der Waals surface area (Å²) >= 11 is 0. The first-order valence-corrected chi connectivity index (χ1v) is 10.1. The lowest BCUT2D eigenvalue weighted by molar-refractivity contribution is -0.120. The molecule has 150 valence electrons. The van der Waals surface area contributed by atoms with Gasteiger partial charge in [0, 0.05) is 43.5 Å². The minimum Gasteiger partial charge on any atom is -0.355 e. The van der Waals surface area contributed by atoms with Gasteiger partial charge in [-0.25, -0.2) is 4.39 Å². The van der Waals surface area contributed by atoms with Gasteiger partial charge >= 0.3 is 0 Å². The molecular weight excluding hydrogens is 359 g/mol. The number of benzene rings is 1. The lowest BCUT2D eigenvalue weighted by atomic mass is 9.89. The van der Waals surface area contributed by atoms with Gasteiger partial charge in [0.25, 0.3) is 5.91 Å². The van der Waals surface area contributed by atoms with Crippen LogP contribution in [0, 0.1) is 12.7 Å². The van der Waals surface area contributed by atoms with Gasteiger partial charge in [0.1, 0.15) is 11.5 Å². The summed E-state index contributed by atoms with van der Waals surface area (Å²) in [4.78, 5) is 29.8. The fourth-order valence-corrected chi connectivity index (χ4v) is 4.49. The molecule has 2 fully saturated rings. The van der Waals surface area contributed by atoms with E-state index in [1.165, 1.54) is 6.07 Å². The molecule has 2 atom stereocenters. The number of aryl methyl sites for hydroxylation is 1. The number of fused-ring (bicyclic) bond motifs is 1. The Hall–Kier alpha value is -2.41. The van der Waals surface area contributed by atoms with Crippen LogP contribution in [0.3, 0.4) is 0 Å². The molecule has 1 aliphatic carbocycles. The topological polar surface area (TPSA) is 77.2 Å². The first-order chi connectivity index (χ1) is 13.5. The van der Waals surface area contributed by atoms with Crippen LogP contribution in [0.4, 0.5) is 4.39 Å². The van der Waals surface area contributed by atoms with E-state index in [-0.39, 0.29) is 23.7 Å². The molecule has 0 bridgehead atoms. The minimum atomic E-state index is -0.321. The van der Waals surface area contributed by atoms with E-state index in [9.17, 15) is 14.0 Å². The first-order valence-electron chi connectivity index (χ1n) is 10.1. The van der Waals surface area contributed by atoms with Crippen LogP contribution in [0.1, 0.15) is 48.2 Å². The molecule has 6 nitrogen and oxygen atoms in total. The largest absolute Gasteiger partial charge is 0.355 e. The third kappa shape index (κ3) is 3.90. The molecule has 1 aromatic heterocycles. The molecule has 1 aromatic carbocycles. The molecule has 0 radical (unpaired) electrons. The molecule has 3 N–H and O–H groups in total. The van der Waals surface area contributed by atoms with Crippen LogP contribution in [0.15, 0.2) is 18.2 Å². The molecule has 2 heterocycles. The Morgan fingerprint density at radius 2 is 2.14 bits per heavy atom. The Balaban J connectivity index is 1.42. The molecule has 2 aromatic rings. The second-order valence-corrected chi connectivity index (χ2v) is 7.96. The van der Waals surface area contributed by atoms with E-state index >= 15 is 0 Å². The first kappa shape index (κ1) is 18.9. The van der Waals surface area contributed by atoms with E-state index in [0.29, 0.717) is 35.6 Å². The average molecular weight is 386 g/mol. The van der Waals surface area contributed by atoms with Crippen LogP contribution in [-0.4, -0.2) is 53.4 Å². The van der Waals surface area contributed by atoms with Gasteiger partial charge < -0.3 is 15.6 Å². The fraction of sp³-hybridized carbons (Fsp3) is 0.524. The maximum absolute atomic E-state index is 14.0. The van der Waals surface area contributed by atoms with E-state index in [2.05, 4.69) is 20.5 Å². The quantitative estimate of drug-likeness (QED) is 0.758. The molecule has 1 saturated carbocycles. The van der Waals surface area contributed by atoms with E-state index < -0.39 is 0 Å². The number of carbonyl (C=O) groups excluding carboxylic acids is 2. The molecule has 7 heteroatoms. The fourth-order valence-electron chi connectivity index (χ4n) is 4.49. The summed E-state index contributed by atoms with van der Waals surface area (Å²) in [5.41, 5.74) is 1.99. The van der Waals surface area contributed by atoms with Crippen molar-refractivity contribution in [3.05, 3.63) is 35.3 Å². The Kier molecular flexibility index (Phi) is 5.35. The molecule has 2 aliphatic rings. The second-order valence-electron chi connectivity index (χ2n) is 7.96. The van der Waals surface area contributed by atoms with Gasteiger partial charge in [-0.3, -0.25) is 14.5 Å². The number of aromatic nitrogens is 1. The predicted molar refractivity (Wildman–Crippen MR) is 106 cm³/mol. The van der Waals surface area contributed by atoms with Crippen molar-refractivity contribution in [2.24, 2.45) is 0 Å². The third-order valence-corrected chi connectivity index (χ3v) is 6.04. The smallest absolute Gasteiger partial charge is 0.267 e. The highest BCUT2D eigenvalue weighted by molar-refractivity contribution is 5.99. The summed E-state index contributed by atoms with van der Waals surface area (Å²) in [6, 6.07) is 5.21. The maximum Gasteiger partial charge on any atom is 0.267 e. The van der Waals surface area contributed by atoms with Gasteiger partial charge in [-0.05, 0) is 50.3 Å². The number of rotatable bonds is 3. The Bertz CT molecular complexity index is 855. The van der Waals surface area contributed by atoms with Crippen LogP contribution in [0.25, 0.3) is 10.9 Å². The predicted octanol–water partition coefficient (Wildman–Crippen LogP) is 2.48. The van der Waals surface area contributed by atoms with Crippen molar-refractivity contribution >= 4 is 22.7 Å². The van der Waals surface area contributed by atoms with Crippen LogP contribution in [-0.2, 0) is 4.79 Å². The van der Waals surface area contributed by atoms with Gasteiger partial charge in [-0.1, -0.05) is 6.07 Å². The van der Waals surface area contributed by atoms with Crippen LogP contribution in [0.2, 0.25) is 0 Å². The number of nitrogens with one attached hydrogen (secondary N) is 3. The zero-order valence-electron chi connectivity index (χ0n) is 16.2. The van der Waals surface area contributed by atoms with Crippen molar-refractivity contribution in [2.75, 3.05) is 19.6 Å². The number of halogens is 1. The van der Waals surface area contributed by atoms with E-state index in [0.717, 1.165) is 44.3 Å². The molecule has 1 saturated heterocycles. The van der Waals surface area contributed by atoms with Gasteiger partial charge in [0.2, 0.25) is 5.91 Å². The monoisotopic (exact) mass is 386 g/mol. The third-order valence-electron chi connectivity index (χ3n) is 6.04. The Labute approximate surface area is 163 Å². The van der Waals surface area contributed by atoms with Gasteiger partial charge in [-0.15, -0.1) is 0 Å². The molecule has 28 heavy (non-hydrogen) atoms. The summed E-state index contributed by atoms with van der Waals surface area (Å²) in [7, 11) is 0. The average Bonchev–Trinajstić information content (AvgIpc) is 3.04. The number of aromatic amines is 1. The van der Waals surface area contributed by atoms with Crippen molar-refractivity contribution < 1.29 is 14.0 Å². The van der Waals surface area contributed by atoms with Gasteiger partial charge in [0.15, 0.2) is 0 Å². The standard InChI is InChI=1S/C21H27FN4O2/c1-13-5-6-17(22)16-12-18(25-20(13)16)21(28)24-14-3-2-4-15(11-14)26-9-7-19(27)23-8-10-26/h5-6,12,14-15,25H,2-4,7-11H2,1H3,(H,23,27)(H,24,28)/t14-,15?/m1/s1. The molecule has 0 spiro atoms. The van der Waals surface area contributed by atoms with Crippen molar-refractivity contribution in [3.8, 4) is 0 Å². The lowest BCUT2D eigenvalue weighted by Crippen LogP contribution is -2.47. The van der Waals surface area contributed by atoms with Crippen LogP contribution in [0.5, 0.6) is 0 Å². The zero-order chi connectivity index (χ0) is 19.7. The molecule has 4 rings (SSSR count). The van der Waals surface area contributed by atoms with Crippen LogP contribution >= 0.6 is 0 Å². The molecule has 1 aliphatic heterocycles. The zero-order valence-corrected chi connectivity index (χ0v) is 16.2. The second kappa shape index (κ2) is 7.91. The number of hydrogen-bond acceptors (Lipinski definition) is 3. The van der Waals surface area contributed by atoms with Crippen molar-refractivity contribution in [1.82, 2.24) is 20.5 Å². The Morgan fingerprint density at radius 3 is 2.96 bits per heavy atom. The summed E-state index contributed by atoms with van der Waals surface area (Å²) in [5, 5.41) is 6.49. The highest BCUT2D eigenvalue weighted by Gasteiger charge is 2.29.